The summed E-state index contributed by atoms with van der Waals surface area (Å²) in [6.07, 6.45) is 5.06. The van der Waals surface area contributed by atoms with Crippen LogP contribution in [-0.4, -0.2) is 42.1 Å². The molecule has 1 aliphatic carbocycles. The van der Waals surface area contributed by atoms with Gasteiger partial charge in [0.05, 0.1) is 11.9 Å². The fourth-order valence-corrected chi connectivity index (χ4v) is 4.28. The van der Waals surface area contributed by atoms with Crippen LogP contribution in [0.5, 0.6) is 0 Å². The van der Waals surface area contributed by atoms with Crippen LogP contribution >= 0.6 is 11.8 Å². The van der Waals surface area contributed by atoms with Crippen LogP contribution in [0.2, 0.25) is 0 Å². The van der Waals surface area contributed by atoms with Crippen LogP contribution in [0.4, 0.5) is 0 Å². The van der Waals surface area contributed by atoms with Gasteiger partial charge in [-0.2, -0.15) is 0 Å². The van der Waals surface area contributed by atoms with Crippen molar-refractivity contribution < 1.29 is 9.59 Å². The number of thioether (sulfide) groups is 1. The Morgan fingerprint density at radius 2 is 2.12 bits per heavy atom. The first-order valence-electron chi connectivity index (χ1n) is 8.49. The lowest BCUT2D eigenvalue weighted by molar-refractivity contribution is -0.120. The van der Waals surface area contributed by atoms with Gasteiger partial charge in [0.25, 0.3) is 0 Å². The molecule has 6 heteroatoms. The van der Waals surface area contributed by atoms with E-state index in [4.69, 9.17) is 0 Å². The largest absolute Gasteiger partial charge is 0.362 e. The summed E-state index contributed by atoms with van der Waals surface area (Å²) < 4.78 is 0. The number of carbonyl (C=O) groups excluding carboxylic acids is 2. The maximum Gasteiger partial charge on any atom is 0.233 e. The Balaban J connectivity index is 1.36. The second-order valence-corrected chi connectivity index (χ2v) is 7.40. The number of hydrogen-bond donors (Lipinski definition) is 2. The van der Waals surface area contributed by atoms with Crippen molar-refractivity contribution in [1.29, 1.82) is 0 Å². The molecular weight excluding hydrogens is 334 g/mol. The van der Waals surface area contributed by atoms with Gasteiger partial charge in [0.2, 0.25) is 5.91 Å². The topological polar surface area (TPSA) is 61.4 Å². The highest BCUT2D eigenvalue weighted by Crippen LogP contribution is 2.43. The van der Waals surface area contributed by atoms with Crippen LogP contribution in [0, 0.1) is 0 Å². The van der Waals surface area contributed by atoms with Gasteiger partial charge in [-0.05, 0) is 18.1 Å². The number of benzene rings is 1. The summed E-state index contributed by atoms with van der Waals surface area (Å²) in [6.45, 7) is 1.63. The Morgan fingerprint density at radius 3 is 2.92 bits per heavy atom. The molecule has 1 aromatic carbocycles. The highest BCUT2D eigenvalue weighted by molar-refractivity contribution is 8.04. The zero-order valence-corrected chi connectivity index (χ0v) is 15.1. The van der Waals surface area contributed by atoms with E-state index >= 15 is 0 Å². The molecule has 1 saturated heterocycles. The Labute approximate surface area is 152 Å². The fourth-order valence-electron chi connectivity index (χ4n) is 2.94. The summed E-state index contributed by atoms with van der Waals surface area (Å²) in [5.74, 6) is 0.172. The summed E-state index contributed by atoms with van der Waals surface area (Å²) in [5, 5.41) is 6.37. The molecule has 25 heavy (non-hydrogen) atoms. The second kappa shape index (κ2) is 8.36. The molecule has 1 fully saturated rings. The molecule has 2 aliphatic rings. The third-order valence-electron chi connectivity index (χ3n) is 4.29. The fraction of sp³-hybridized carbons (Fsp3) is 0.368. The summed E-state index contributed by atoms with van der Waals surface area (Å²) in [6, 6.07) is 10.0. The Bertz CT molecular complexity index is 700. The highest BCUT2D eigenvalue weighted by atomic mass is 32.2. The first-order valence-corrected chi connectivity index (χ1v) is 9.37. The minimum absolute atomic E-state index is 0.00704. The molecule has 0 aromatic heterocycles. The monoisotopic (exact) mass is 357 g/mol. The number of fused-ring (bicyclic) bond motifs is 1. The minimum atomic E-state index is 0.00704. The van der Waals surface area contributed by atoms with Crippen molar-refractivity contribution >= 4 is 23.5 Å². The SMILES string of the molecule is CN1C2=CCC(=O)C=C2SC1CCNC(=O)CNCc1ccccc1. The molecule has 1 amide bonds. The summed E-state index contributed by atoms with van der Waals surface area (Å²) >= 11 is 1.70. The van der Waals surface area contributed by atoms with E-state index in [2.05, 4.69) is 15.5 Å². The van der Waals surface area contributed by atoms with Crippen LogP contribution in [0.3, 0.4) is 0 Å². The van der Waals surface area contributed by atoms with Gasteiger partial charge >= 0.3 is 0 Å². The van der Waals surface area contributed by atoms with E-state index < -0.39 is 0 Å². The average molecular weight is 357 g/mol. The van der Waals surface area contributed by atoms with E-state index in [9.17, 15) is 9.59 Å². The van der Waals surface area contributed by atoms with Crippen LogP contribution in [-0.2, 0) is 16.1 Å². The van der Waals surface area contributed by atoms with Crippen LogP contribution in [0.15, 0.2) is 53.1 Å². The number of allylic oxidation sites excluding steroid dienone is 2. The molecule has 5 nitrogen and oxygen atoms in total. The molecule has 3 rings (SSSR count). The second-order valence-electron chi connectivity index (χ2n) is 6.18. The third-order valence-corrected chi connectivity index (χ3v) is 5.69. The number of likely N-dealkylation sites (N-methyl/N-ethyl adjacent to an activating group) is 1. The van der Waals surface area contributed by atoms with Crippen molar-refractivity contribution in [2.45, 2.75) is 24.8 Å². The van der Waals surface area contributed by atoms with Crippen LogP contribution < -0.4 is 10.6 Å². The molecule has 1 aromatic rings. The number of nitrogens with one attached hydrogen (secondary N) is 2. The molecule has 0 radical (unpaired) electrons. The third kappa shape index (κ3) is 4.74. The normalized spacial score (nSPS) is 19.3. The van der Waals surface area contributed by atoms with E-state index in [1.807, 2.05) is 43.5 Å². The summed E-state index contributed by atoms with van der Waals surface area (Å²) in [7, 11) is 2.05. The van der Waals surface area contributed by atoms with Crippen molar-refractivity contribution in [1.82, 2.24) is 15.5 Å². The van der Waals surface area contributed by atoms with Crippen LogP contribution in [0.1, 0.15) is 18.4 Å². The molecule has 1 atom stereocenters. The summed E-state index contributed by atoms with van der Waals surface area (Å²) in [5.41, 5.74) is 2.31. The van der Waals surface area contributed by atoms with Crippen molar-refractivity contribution in [3.63, 3.8) is 0 Å². The van der Waals surface area contributed by atoms with Gasteiger partial charge in [0, 0.05) is 37.2 Å². The van der Waals surface area contributed by atoms with E-state index in [0.29, 0.717) is 26.1 Å². The molecule has 1 heterocycles. The van der Waals surface area contributed by atoms with E-state index in [1.165, 1.54) is 0 Å². The molecule has 1 unspecified atom stereocenters. The maximum absolute atomic E-state index is 11.9. The molecule has 132 valence electrons. The van der Waals surface area contributed by atoms with Crippen molar-refractivity contribution in [2.24, 2.45) is 0 Å². The lowest BCUT2D eigenvalue weighted by Gasteiger charge is -2.21. The minimum Gasteiger partial charge on any atom is -0.362 e. The predicted molar refractivity (Wildman–Crippen MR) is 101 cm³/mol. The molecule has 0 spiro atoms. The predicted octanol–water partition coefficient (Wildman–Crippen LogP) is 2.03. The molecule has 2 N–H and O–H groups in total. The zero-order valence-electron chi connectivity index (χ0n) is 14.3. The Morgan fingerprint density at radius 1 is 1.32 bits per heavy atom. The van der Waals surface area contributed by atoms with Crippen LogP contribution in [0.25, 0.3) is 0 Å². The zero-order chi connectivity index (χ0) is 17.6. The van der Waals surface area contributed by atoms with Gasteiger partial charge < -0.3 is 15.5 Å². The Kier molecular flexibility index (Phi) is 5.94. The Hall–Kier alpha value is -2.05. The molecule has 1 aliphatic heterocycles. The first-order chi connectivity index (χ1) is 12.1. The molecule has 0 bridgehead atoms. The average Bonchev–Trinajstić information content (AvgIpc) is 2.91. The highest BCUT2D eigenvalue weighted by Gasteiger charge is 2.31. The summed E-state index contributed by atoms with van der Waals surface area (Å²) in [4.78, 5) is 26.7. The standard InChI is InChI=1S/C19H23N3O2S/c1-22-16-8-7-15(23)11-17(16)25-19(22)9-10-21-18(24)13-20-12-14-5-3-2-4-6-14/h2-6,8,11,19-20H,7,9-10,12-13H2,1H3,(H,21,24). The number of carbonyl (C=O) groups is 2. The van der Waals surface area contributed by atoms with Gasteiger partial charge in [-0.1, -0.05) is 48.2 Å². The number of nitrogens with zero attached hydrogens (tertiary/aromatic N) is 1. The van der Waals surface area contributed by atoms with E-state index in [-0.39, 0.29) is 17.1 Å². The lowest BCUT2D eigenvalue weighted by Crippen LogP contribution is -2.36. The number of amides is 1. The van der Waals surface area contributed by atoms with Gasteiger partial charge in [-0.3, -0.25) is 9.59 Å². The van der Waals surface area contributed by atoms with Gasteiger partial charge in [0.1, 0.15) is 0 Å². The number of hydrogen-bond acceptors (Lipinski definition) is 5. The first kappa shape index (κ1) is 17.8. The van der Waals surface area contributed by atoms with Crippen molar-refractivity contribution in [3.05, 3.63) is 58.6 Å². The van der Waals surface area contributed by atoms with Gasteiger partial charge in [0.15, 0.2) is 5.78 Å². The van der Waals surface area contributed by atoms with Crippen molar-refractivity contribution in [2.75, 3.05) is 20.1 Å². The van der Waals surface area contributed by atoms with Gasteiger partial charge in [-0.25, -0.2) is 0 Å². The molecular formula is C19H23N3O2S. The quantitative estimate of drug-likeness (QED) is 0.782. The van der Waals surface area contributed by atoms with E-state index in [1.54, 1.807) is 17.8 Å². The van der Waals surface area contributed by atoms with Crippen molar-refractivity contribution in [3.8, 4) is 0 Å². The number of ketones is 1. The number of rotatable bonds is 7. The smallest absolute Gasteiger partial charge is 0.233 e. The maximum atomic E-state index is 11.9. The van der Waals surface area contributed by atoms with Gasteiger partial charge in [-0.15, -0.1) is 0 Å². The lowest BCUT2D eigenvalue weighted by atomic mass is 10.1. The van der Waals surface area contributed by atoms with E-state index in [0.717, 1.165) is 22.6 Å². The molecule has 0 saturated carbocycles.